The third-order valence-corrected chi connectivity index (χ3v) is 3.18. The molecule has 0 aliphatic carbocycles. The van der Waals surface area contributed by atoms with Gasteiger partial charge in [-0.25, -0.2) is 0 Å². The minimum Gasteiger partial charge on any atom is -0.326 e. The summed E-state index contributed by atoms with van der Waals surface area (Å²) in [4.78, 5) is 11.5. The highest BCUT2D eigenvalue weighted by Crippen LogP contribution is 2.39. The van der Waals surface area contributed by atoms with Crippen molar-refractivity contribution in [1.29, 1.82) is 0 Å². The molecule has 1 atom stereocenters. The molecule has 0 fully saturated rings. The Morgan fingerprint density at radius 1 is 1.43 bits per heavy atom. The van der Waals surface area contributed by atoms with Gasteiger partial charge in [-0.15, -0.1) is 0 Å². The smallest absolute Gasteiger partial charge is 0.225 e. The van der Waals surface area contributed by atoms with Crippen LogP contribution in [-0.4, -0.2) is 5.91 Å². The lowest BCUT2D eigenvalue weighted by atomic mass is 9.74. The van der Waals surface area contributed by atoms with Gasteiger partial charge in [0.05, 0.1) is 0 Å². The molecule has 74 valence electrons. The molecule has 2 rings (SSSR count). The van der Waals surface area contributed by atoms with Crippen LogP contribution in [0.1, 0.15) is 32.3 Å². The number of para-hydroxylation sites is 1. The van der Waals surface area contributed by atoms with Crippen molar-refractivity contribution in [2.24, 2.45) is 0 Å². The molecule has 1 heterocycles. The van der Waals surface area contributed by atoms with E-state index in [0.717, 1.165) is 12.1 Å². The van der Waals surface area contributed by atoms with Crippen LogP contribution in [0, 0.1) is 0 Å². The Labute approximate surface area is 84.3 Å². The molecule has 2 heteroatoms. The SMILES string of the molecule is CC[C@]1(C)CC(=O)Nc2ccccc21. The second-order valence-corrected chi connectivity index (χ2v) is 4.18. The lowest BCUT2D eigenvalue weighted by Gasteiger charge is -2.34. The molecule has 1 aromatic rings. The first-order valence-corrected chi connectivity index (χ1v) is 5.05. The quantitative estimate of drug-likeness (QED) is 0.723. The number of nitrogens with one attached hydrogen (secondary N) is 1. The zero-order chi connectivity index (χ0) is 10.2. The fourth-order valence-corrected chi connectivity index (χ4v) is 2.08. The van der Waals surface area contributed by atoms with Crippen molar-refractivity contribution in [2.75, 3.05) is 5.32 Å². The van der Waals surface area contributed by atoms with Gasteiger partial charge in [0.2, 0.25) is 5.91 Å². The van der Waals surface area contributed by atoms with E-state index in [9.17, 15) is 4.79 Å². The topological polar surface area (TPSA) is 29.1 Å². The Morgan fingerprint density at radius 3 is 2.86 bits per heavy atom. The van der Waals surface area contributed by atoms with Crippen molar-refractivity contribution >= 4 is 11.6 Å². The molecule has 0 bridgehead atoms. The molecule has 0 radical (unpaired) electrons. The minimum absolute atomic E-state index is 0.0128. The van der Waals surface area contributed by atoms with Crippen LogP contribution in [0.15, 0.2) is 24.3 Å². The maximum absolute atomic E-state index is 11.5. The number of fused-ring (bicyclic) bond motifs is 1. The maximum Gasteiger partial charge on any atom is 0.225 e. The Kier molecular flexibility index (Phi) is 2.06. The Hall–Kier alpha value is -1.31. The molecule has 1 aliphatic heterocycles. The van der Waals surface area contributed by atoms with Gasteiger partial charge in [0, 0.05) is 17.5 Å². The van der Waals surface area contributed by atoms with Crippen molar-refractivity contribution in [3.05, 3.63) is 29.8 Å². The van der Waals surface area contributed by atoms with E-state index >= 15 is 0 Å². The molecule has 1 N–H and O–H groups in total. The zero-order valence-electron chi connectivity index (χ0n) is 8.63. The molecule has 0 unspecified atom stereocenters. The highest BCUT2D eigenvalue weighted by Gasteiger charge is 2.33. The first-order valence-electron chi connectivity index (χ1n) is 5.05. The van der Waals surface area contributed by atoms with Gasteiger partial charge in [0.25, 0.3) is 0 Å². The summed E-state index contributed by atoms with van der Waals surface area (Å²) in [6.45, 7) is 4.29. The summed E-state index contributed by atoms with van der Waals surface area (Å²) in [6.07, 6.45) is 1.60. The standard InChI is InChI=1S/C12H15NO/c1-3-12(2)8-11(14)13-10-7-5-4-6-9(10)12/h4-7H,3,8H2,1-2H3,(H,13,14)/t12-/m1/s1. The number of benzene rings is 1. The van der Waals surface area contributed by atoms with E-state index in [1.165, 1.54) is 5.56 Å². The molecular weight excluding hydrogens is 174 g/mol. The molecule has 1 amide bonds. The number of amides is 1. The van der Waals surface area contributed by atoms with Crippen molar-refractivity contribution in [3.8, 4) is 0 Å². The van der Waals surface area contributed by atoms with Crippen molar-refractivity contribution in [1.82, 2.24) is 0 Å². The molecule has 0 saturated heterocycles. The van der Waals surface area contributed by atoms with Crippen LogP contribution in [0.3, 0.4) is 0 Å². The van der Waals surface area contributed by atoms with Gasteiger partial charge in [0.1, 0.15) is 0 Å². The van der Waals surface area contributed by atoms with E-state index in [0.29, 0.717) is 6.42 Å². The van der Waals surface area contributed by atoms with E-state index in [2.05, 4.69) is 25.2 Å². The summed E-state index contributed by atoms with van der Waals surface area (Å²) in [5.74, 6) is 0.132. The lowest BCUT2D eigenvalue weighted by molar-refractivity contribution is -0.117. The van der Waals surface area contributed by atoms with Crippen molar-refractivity contribution in [3.63, 3.8) is 0 Å². The molecule has 2 nitrogen and oxygen atoms in total. The van der Waals surface area contributed by atoms with Crippen LogP contribution in [0.5, 0.6) is 0 Å². The average Bonchev–Trinajstić information content (AvgIpc) is 2.17. The van der Waals surface area contributed by atoms with Gasteiger partial charge < -0.3 is 5.32 Å². The summed E-state index contributed by atoms with van der Waals surface area (Å²) >= 11 is 0. The fraction of sp³-hybridized carbons (Fsp3) is 0.417. The molecule has 0 aromatic heterocycles. The van der Waals surface area contributed by atoms with E-state index in [1.807, 2.05) is 18.2 Å². The largest absolute Gasteiger partial charge is 0.326 e. The number of hydrogen-bond donors (Lipinski definition) is 1. The van der Waals surface area contributed by atoms with Gasteiger partial charge in [-0.1, -0.05) is 32.0 Å². The van der Waals surface area contributed by atoms with Crippen LogP contribution < -0.4 is 5.32 Å². The van der Waals surface area contributed by atoms with Crippen LogP contribution in [0.2, 0.25) is 0 Å². The average molecular weight is 189 g/mol. The Bertz CT molecular complexity index is 372. The minimum atomic E-state index is 0.0128. The predicted molar refractivity (Wildman–Crippen MR) is 57.3 cm³/mol. The third-order valence-electron chi connectivity index (χ3n) is 3.18. The summed E-state index contributed by atoms with van der Waals surface area (Å²) in [5.41, 5.74) is 2.26. The predicted octanol–water partition coefficient (Wildman–Crippen LogP) is 2.70. The Balaban J connectivity index is 2.54. The van der Waals surface area contributed by atoms with Crippen molar-refractivity contribution in [2.45, 2.75) is 32.1 Å². The number of anilines is 1. The Morgan fingerprint density at radius 2 is 2.14 bits per heavy atom. The molecule has 0 saturated carbocycles. The van der Waals surface area contributed by atoms with Gasteiger partial charge in [-0.05, 0) is 18.1 Å². The highest BCUT2D eigenvalue weighted by molar-refractivity contribution is 5.95. The summed E-state index contributed by atoms with van der Waals surface area (Å²) in [7, 11) is 0. The van der Waals surface area contributed by atoms with Crippen LogP contribution >= 0.6 is 0 Å². The van der Waals surface area contributed by atoms with E-state index < -0.39 is 0 Å². The lowest BCUT2D eigenvalue weighted by Crippen LogP contribution is -2.34. The van der Waals surface area contributed by atoms with Crippen LogP contribution in [0.4, 0.5) is 5.69 Å². The highest BCUT2D eigenvalue weighted by atomic mass is 16.1. The fourth-order valence-electron chi connectivity index (χ4n) is 2.08. The first kappa shape index (κ1) is 9.25. The van der Waals surface area contributed by atoms with Gasteiger partial charge in [0.15, 0.2) is 0 Å². The second kappa shape index (κ2) is 3.12. The number of hydrogen-bond acceptors (Lipinski definition) is 1. The van der Waals surface area contributed by atoms with Gasteiger partial charge in [-0.2, -0.15) is 0 Å². The summed E-state index contributed by atoms with van der Waals surface area (Å²) < 4.78 is 0. The molecule has 1 aliphatic rings. The third kappa shape index (κ3) is 1.31. The molecular formula is C12H15NO. The normalized spacial score (nSPS) is 25.4. The molecule has 1 aromatic carbocycles. The van der Waals surface area contributed by atoms with Crippen molar-refractivity contribution < 1.29 is 4.79 Å². The second-order valence-electron chi connectivity index (χ2n) is 4.18. The summed E-state index contributed by atoms with van der Waals surface area (Å²) in [6, 6.07) is 8.07. The number of carbonyl (C=O) groups is 1. The monoisotopic (exact) mass is 189 g/mol. The van der Waals surface area contributed by atoms with Gasteiger partial charge >= 0.3 is 0 Å². The van der Waals surface area contributed by atoms with Crippen LogP contribution in [-0.2, 0) is 10.2 Å². The maximum atomic E-state index is 11.5. The number of rotatable bonds is 1. The molecule has 14 heavy (non-hydrogen) atoms. The molecule has 0 spiro atoms. The zero-order valence-corrected chi connectivity index (χ0v) is 8.63. The van der Waals surface area contributed by atoms with Crippen LogP contribution in [0.25, 0.3) is 0 Å². The first-order chi connectivity index (χ1) is 6.65. The number of carbonyl (C=O) groups excluding carboxylic acids is 1. The van der Waals surface area contributed by atoms with Gasteiger partial charge in [-0.3, -0.25) is 4.79 Å². The van der Waals surface area contributed by atoms with E-state index in [1.54, 1.807) is 0 Å². The van der Waals surface area contributed by atoms with E-state index in [4.69, 9.17) is 0 Å². The van der Waals surface area contributed by atoms with E-state index in [-0.39, 0.29) is 11.3 Å². The summed E-state index contributed by atoms with van der Waals surface area (Å²) in [5, 5.41) is 2.91.